The molecule has 0 aliphatic heterocycles. The van der Waals surface area contributed by atoms with E-state index >= 15 is 0 Å². The van der Waals surface area contributed by atoms with Gasteiger partial charge in [0.2, 0.25) is 0 Å². The fourth-order valence-corrected chi connectivity index (χ4v) is 9.64. The largest absolute Gasteiger partial charge is 0.456 e. The summed E-state index contributed by atoms with van der Waals surface area (Å²) in [6.07, 6.45) is 0. The summed E-state index contributed by atoms with van der Waals surface area (Å²) >= 11 is 1.82. The molecule has 9 aromatic carbocycles. The van der Waals surface area contributed by atoms with E-state index in [4.69, 9.17) is 19.4 Å². The van der Waals surface area contributed by atoms with Gasteiger partial charge in [0.25, 0.3) is 0 Å². The number of aromatic nitrogens is 3. The molecule has 0 spiro atoms. The Hall–Kier alpha value is -7.73. The first-order chi connectivity index (χ1) is 29.7. The fraction of sp³-hybridized carbons (Fsp3) is 0. The van der Waals surface area contributed by atoms with Crippen LogP contribution >= 0.6 is 11.3 Å². The van der Waals surface area contributed by atoms with Gasteiger partial charge in [0, 0.05) is 47.6 Å². The van der Waals surface area contributed by atoms with Crippen LogP contribution in [0.5, 0.6) is 0 Å². The molecule has 0 bridgehead atoms. The van der Waals surface area contributed by atoms with Crippen molar-refractivity contribution in [1.82, 2.24) is 15.0 Å². The van der Waals surface area contributed by atoms with E-state index in [-0.39, 0.29) is 0 Å². The fourth-order valence-electron chi connectivity index (χ4n) is 8.55. The lowest BCUT2D eigenvalue weighted by atomic mass is 9.93. The average Bonchev–Trinajstić information content (AvgIpc) is 3.88. The Morgan fingerprint density at radius 3 is 1.52 bits per heavy atom. The van der Waals surface area contributed by atoms with E-state index in [1.807, 2.05) is 23.5 Å². The van der Waals surface area contributed by atoms with Gasteiger partial charge in [0.05, 0.1) is 0 Å². The second-order valence-corrected chi connectivity index (χ2v) is 16.2. The summed E-state index contributed by atoms with van der Waals surface area (Å²) in [5, 5.41) is 6.75. The van der Waals surface area contributed by atoms with Crippen LogP contribution in [0.15, 0.2) is 205 Å². The Balaban J connectivity index is 1.13. The Labute approximate surface area is 349 Å². The highest BCUT2D eigenvalue weighted by atomic mass is 32.1. The molecule has 0 aliphatic rings. The minimum absolute atomic E-state index is 0.584. The number of thiophene rings is 1. The molecular formula is C55H33N3OS. The molecule has 3 heterocycles. The second-order valence-electron chi connectivity index (χ2n) is 15.2. The summed E-state index contributed by atoms with van der Waals surface area (Å²) in [4.78, 5) is 16.0. The van der Waals surface area contributed by atoms with Crippen molar-refractivity contribution >= 4 is 64.2 Å². The van der Waals surface area contributed by atoms with E-state index in [0.717, 1.165) is 82.8 Å². The van der Waals surface area contributed by atoms with Crippen LogP contribution in [0.3, 0.4) is 0 Å². The number of fused-ring (bicyclic) bond motifs is 7. The van der Waals surface area contributed by atoms with Gasteiger partial charge < -0.3 is 4.42 Å². The normalized spacial score (nSPS) is 11.7. The van der Waals surface area contributed by atoms with Crippen molar-refractivity contribution in [2.45, 2.75) is 0 Å². The highest BCUT2D eigenvalue weighted by molar-refractivity contribution is 7.25. The van der Waals surface area contributed by atoms with Gasteiger partial charge in [-0.15, -0.1) is 11.3 Å². The van der Waals surface area contributed by atoms with E-state index in [0.29, 0.717) is 17.5 Å². The van der Waals surface area contributed by atoms with Crippen molar-refractivity contribution in [2.24, 2.45) is 0 Å². The van der Waals surface area contributed by atoms with Crippen LogP contribution < -0.4 is 0 Å². The zero-order valence-electron chi connectivity index (χ0n) is 32.2. The SMILES string of the molecule is c1ccc(-c2ccc(-c3nc(-c4ccc(-c5ccccc5)cc4)nc(-c4c(-c5ccc6sc7ccccc7c6c5)ccc5oc6cc7ccccc7cc6c45)n3)cc2)cc1. The molecule has 3 aromatic heterocycles. The Morgan fingerprint density at radius 1 is 0.333 bits per heavy atom. The van der Waals surface area contributed by atoms with E-state index in [1.165, 1.54) is 20.2 Å². The van der Waals surface area contributed by atoms with E-state index in [1.54, 1.807) is 0 Å². The lowest BCUT2D eigenvalue weighted by Crippen LogP contribution is -2.01. The van der Waals surface area contributed by atoms with Gasteiger partial charge in [0.15, 0.2) is 17.5 Å². The summed E-state index contributed by atoms with van der Waals surface area (Å²) in [5.41, 5.74) is 11.0. The summed E-state index contributed by atoms with van der Waals surface area (Å²) in [6.45, 7) is 0. The van der Waals surface area contributed by atoms with Crippen LogP contribution in [0.2, 0.25) is 0 Å². The molecule has 0 atom stereocenters. The topological polar surface area (TPSA) is 51.8 Å². The van der Waals surface area contributed by atoms with Crippen molar-refractivity contribution in [2.75, 3.05) is 0 Å². The number of rotatable bonds is 6. The minimum atomic E-state index is 0.584. The molecule has 0 saturated carbocycles. The van der Waals surface area contributed by atoms with Gasteiger partial charge in [-0.3, -0.25) is 0 Å². The number of hydrogen-bond donors (Lipinski definition) is 0. The lowest BCUT2D eigenvalue weighted by molar-refractivity contribution is 0.669. The molecule has 60 heavy (non-hydrogen) atoms. The Kier molecular flexibility index (Phi) is 8.00. The Bertz CT molecular complexity index is 3470. The van der Waals surface area contributed by atoms with Gasteiger partial charge in [0.1, 0.15) is 11.2 Å². The summed E-state index contributed by atoms with van der Waals surface area (Å²) < 4.78 is 9.23. The van der Waals surface area contributed by atoms with E-state index in [2.05, 4.69) is 188 Å². The van der Waals surface area contributed by atoms with Gasteiger partial charge in [-0.05, 0) is 86.6 Å². The van der Waals surface area contributed by atoms with E-state index in [9.17, 15) is 0 Å². The first-order valence-electron chi connectivity index (χ1n) is 20.1. The molecule has 0 fully saturated rings. The summed E-state index contributed by atoms with van der Waals surface area (Å²) in [7, 11) is 0. The van der Waals surface area contributed by atoms with Crippen LogP contribution in [0.4, 0.5) is 0 Å². The Morgan fingerprint density at radius 2 is 0.850 bits per heavy atom. The molecule has 0 N–H and O–H groups in total. The minimum Gasteiger partial charge on any atom is -0.456 e. The lowest BCUT2D eigenvalue weighted by Gasteiger charge is -2.14. The molecule has 5 heteroatoms. The molecule has 0 saturated heterocycles. The number of benzene rings is 9. The molecule has 4 nitrogen and oxygen atoms in total. The molecular weight excluding hydrogens is 751 g/mol. The summed E-state index contributed by atoms with van der Waals surface area (Å²) in [6, 6.07) is 70.4. The predicted molar refractivity (Wildman–Crippen MR) is 250 cm³/mol. The third-order valence-electron chi connectivity index (χ3n) is 11.6. The van der Waals surface area contributed by atoms with Gasteiger partial charge in [-0.2, -0.15) is 0 Å². The molecule has 12 rings (SSSR count). The van der Waals surface area contributed by atoms with Crippen LogP contribution in [0, 0.1) is 0 Å². The number of nitrogens with zero attached hydrogens (tertiary/aromatic N) is 3. The van der Waals surface area contributed by atoms with Crippen LogP contribution in [-0.2, 0) is 0 Å². The molecule has 0 radical (unpaired) electrons. The quantitative estimate of drug-likeness (QED) is 0.169. The van der Waals surface area contributed by atoms with Crippen molar-refractivity contribution in [3.63, 3.8) is 0 Å². The molecule has 0 unspecified atom stereocenters. The van der Waals surface area contributed by atoms with Crippen molar-refractivity contribution < 1.29 is 4.42 Å². The third-order valence-corrected chi connectivity index (χ3v) is 12.7. The zero-order valence-corrected chi connectivity index (χ0v) is 33.0. The third kappa shape index (κ3) is 5.86. The van der Waals surface area contributed by atoms with Crippen molar-refractivity contribution in [3.05, 3.63) is 200 Å². The van der Waals surface area contributed by atoms with E-state index < -0.39 is 0 Å². The summed E-state index contributed by atoms with van der Waals surface area (Å²) in [5.74, 6) is 1.78. The standard InChI is InChI=1S/C55H33N3OS/c1-3-11-34(12-4-1)36-19-23-38(24-20-36)53-56-54(39-25-21-37(22-26-39)35-13-5-2-6-14-35)58-55(57-53)52-43(42-27-30-50-45(32-42)44-17-9-10-18-49(44)60-50)28-29-47-51(52)46-31-40-15-7-8-16-41(40)33-48(46)59-47/h1-33H. The maximum atomic E-state index is 6.70. The van der Waals surface area contributed by atoms with Crippen LogP contribution in [0.25, 0.3) is 120 Å². The molecule has 12 aromatic rings. The number of furan rings is 1. The maximum absolute atomic E-state index is 6.70. The molecule has 0 amide bonds. The van der Waals surface area contributed by atoms with Gasteiger partial charge in [-0.25, -0.2) is 15.0 Å². The molecule has 280 valence electrons. The van der Waals surface area contributed by atoms with Crippen LogP contribution in [0.1, 0.15) is 0 Å². The first kappa shape index (κ1) is 34.3. The highest BCUT2D eigenvalue weighted by Gasteiger charge is 2.23. The smallest absolute Gasteiger partial charge is 0.165 e. The first-order valence-corrected chi connectivity index (χ1v) is 20.9. The maximum Gasteiger partial charge on any atom is 0.165 e. The van der Waals surface area contributed by atoms with Crippen molar-refractivity contribution in [3.8, 4) is 67.5 Å². The highest BCUT2D eigenvalue weighted by Crippen LogP contribution is 2.45. The van der Waals surface area contributed by atoms with Crippen LogP contribution in [-0.4, -0.2) is 15.0 Å². The average molecular weight is 784 g/mol. The van der Waals surface area contributed by atoms with Gasteiger partial charge in [-0.1, -0.05) is 158 Å². The van der Waals surface area contributed by atoms with Gasteiger partial charge >= 0.3 is 0 Å². The monoisotopic (exact) mass is 783 g/mol. The van der Waals surface area contributed by atoms with Crippen molar-refractivity contribution in [1.29, 1.82) is 0 Å². The predicted octanol–water partition coefficient (Wildman–Crippen LogP) is 15.3. The molecule has 0 aliphatic carbocycles. The second kappa shape index (κ2) is 14.0. The zero-order chi connectivity index (χ0) is 39.6. The number of hydrogen-bond acceptors (Lipinski definition) is 5.